The lowest BCUT2D eigenvalue weighted by Crippen LogP contribution is -2.17. The molecular weight excluding hydrogens is 132 g/mol. The summed E-state index contributed by atoms with van der Waals surface area (Å²) in [7, 11) is 0. The molecule has 0 aromatic rings. The van der Waals surface area contributed by atoms with Gasteiger partial charge in [-0.15, -0.1) is 0 Å². The summed E-state index contributed by atoms with van der Waals surface area (Å²) >= 11 is 0. The molecule has 0 bridgehead atoms. The van der Waals surface area contributed by atoms with Crippen LogP contribution in [0.25, 0.3) is 0 Å². The van der Waals surface area contributed by atoms with Gasteiger partial charge < -0.3 is 10.6 Å². The van der Waals surface area contributed by atoms with Gasteiger partial charge in [-0.25, -0.2) is 0 Å². The molecule has 0 amide bonds. The van der Waals surface area contributed by atoms with Gasteiger partial charge in [0.05, 0.1) is 0 Å². The molecule has 58 valence electrons. The number of aliphatic hydroxyl groups is 1. The van der Waals surface area contributed by atoms with Crippen LogP contribution in [0.2, 0.25) is 0 Å². The lowest BCUT2D eigenvalue weighted by molar-refractivity contribution is 0.252. The summed E-state index contributed by atoms with van der Waals surface area (Å²) < 4.78 is 0. The number of hydrogen-bond donors (Lipinski definition) is 1. The van der Waals surface area contributed by atoms with Crippen LogP contribution in [0.1, 0.15) is 13.3 Å². The Hall–Kier alpha value is -0.740. The predicted molar refractivity (Wildman–Crippen MR) is 40.7 cm³/mol. The second kappa shape index (κ2) is 3.43. The first-order valence-corrected chi connectivity index (χ1v) is 2.97. The lowest BCUT2D eigenvalue weighted by atomic mass is 10.1. The summed E-state index contributed by atoms with van der Waals surface area (Å²) in [5.41, 5.74) is -0.366. The summed E-state index contributed by atoms with van der Waals surface area (Å²) in [6.07, 6.45) is 3.94. The summed E-state index contributed by atoms with van der Waals surface area (Å²) in [4.78, 5) is 8.10. The van der Waals surface area contributed by atoms with Crippen LogP contribution in [0.5, 0.6) is 0 Å². The smallest absolute Gasteiger partial charge is 0.149 e. The molecule has 0 aliphatic carbocycles. The van der Waals surface area contributed by atoms with Gasteiger partial charge in [-0.05, 0) is 6.92 Å². The Balaban J connectivity index is 0.000000810. The van der Waals surface area contributed by atoms with Crippen molar-refractivity contribution in [1.82, 2.24) is 0 Å². The van der Waals surface area contributed by atoms with Crippen molar-refractivity contribution >= 4 is 12.4 Å². The molecule has 3 N–H and O–H groups in total. The Morgan fingerprint density at radius 1 is 1.40 bits per heavy atom. The highest BCUT2D eigenvalue weighted by Gasteiger charge is 2.21. The number of aliphatic imine (C=N–C) groups is 2. The summed E-state index contributed by atoms with van der Waals surface area (Å²) in [6, 6.07) is 0. The quantitative estimate of drug-likeness (QED) is 0.552. The fraction of sp³-hybridized carbons (Fsp3) is 0.667. The highest BCUT2D eigenvalue weighted by Crippen LogP contribution is 2.17. The van der Waals surface area contributed by atoms with Gasteiger partial charge in [0.1, 0.15) is 5.66 Å². The van der Waals surface area contributed by atoms with Gasteiger partial charge in [0.15, 0.2) is 0 Å². The van der Waals surface area contributed by atoms with E-state index in [1.165, 1.54) is 0 Å². The van der Waals surface area contributed by atoms with Gasteiger partial charge in [-0.3, -0.25) is 9.98 Å². The minimum absolute atomic E-state index is 0. The normalized spacial score (nSPS) is 19.0. The Kier molecular flexibility index (Phi) is 3.18. The third-order valence-corrected chi connectivity index (χ3v) is 1.36. The standard InChI is InChI=1S/C6H10N2O.H2O/c1-6(2-5-9)7-3-4-8-6;/h3-4,9H,2,5H2,1H3;1H2. The molecular formula is C6H12N2O2. The minimum Gasteiger partial charge on any atom is -0.412 e. The highest BCUT2D eigenvalue weighted by molar-refractivity contribution is 6.17. The molecule has 0 aromatic carbocycles. The van der Waals surface area contributed by atoms with E-state index in [4.69, 9.17) is 5.11 Å². The van der Waals surface area contributed by atoms with Crippen molar-refractivity contribution in [2.75, 3.05) is 6.61 Å². The Bertz CT molecular complexity index is 142. The van der Waals surface area contributed by atoms with Crippen LogP contribution >= 0.6 is 0 Å². The highest BCUT2D eigenvalue weighted by atomic mass is 16.3. The van der Waals surface area contributed by atoms with E-state index in [1.807, 2.05) is 6.92 Å². The van der Waals surface area contributed by atoms with Crippen LogP contribution in [0.15, 0.2) is 9.98 Å². The minimum atomic E-state index is -0.366. The van der Waals surface area contributed by atoms with Gasteiger partial charge in [-0.2, -0.15) is 0 Å². The second-order valence-corrected chi connectivity index (χ2v) is 2.25. The maximum absolute atomic E-state index is 8.54. The Morgan fingerprint density at radius 2 is 1.90 bits per heavy atom. The first-order valence-electron chi connectivity index (χ1n) is 2.97. The van der Waals surface area contributed by atoms with Crippen molar-refractivity contribution in [2.24, 2.45) is 9.98 Å². The van der Waals surface area contributed by atoms with Crippen LogP contribution in [0.4, 0.5) is 0 Å². The van der Waals surface area contributed by atoms with Crippen molar-refractivity contribution in [3.8, 4) is 0 Å². The third kappa shape index (κ3) is 1.89. The monoisotopic (exact) mass is 144 g/mol. The first kappa shape index (κ1) is 9.26. The van der Waals surface area contributed by atoms with E-state index in [0.29, 0.717) is 6.42 Å². The Labute approximate surface area is 59.6 Å². The number of nitrogens with zero attached hydrogens (tertiary/aromatic N) is 2. The van der Waals surface area contributed by atoms with E-state index in [0.717, 1.165) is 0 Å². The number of rotatable bonds is 2. The molecule has 0 spiro atoms. The maximum atomic E-state index is 8.54. The molecule has 10 heavy (non-hydrogen) atoms. The molecule has 0 atom stereocenters. The van der Waals surface area contributed by atoms with Crippen molar-refractivity contribution in [3.63, 3.8) is 0 Å². The lowest BCUT2D eigenvalue weighted by Gasteiger charge is -2.14. The number of aliphatic hydroxyl groups excluding tert-OH is 1. The van der Waals surface area contributed by atoms with Gasteiger partial charge in [0.2, 0.25) is 0 Å². The maximum Gasteiger partial charge on any atom is 0.149 e. The van der Waals surface area contributed by atoms with Crippen LogP contribution in [-0.2, 0) is 0 Å². The second-order valence-electron chi connectivity index (χ2n) is 2.25. The molecule has 0 fully saturated rings. The number of hydrogen-bond acceptors (Lipinski definition) is 3. The van der Waals surface area contributed by atoms with Crippen molar-refractivity contribution in [1.29, 1.82) is 0 Å². The summed E-state index contributed by atoms with van der Waals surface area (Å²) in [5, 5.41) is 8.54. The largest absolute Gasteiger partial charge is 0.412 e. The SMILES string of the molecule is CC1(CCO)N=CC=N1.O. The molecule has 0 radical (unpaired) electrons. The van der Waals surface area contributed by atoms with Gasteiger partial charge in [0, 0.05) is 25.5 Å². The molecule has 0 saturated heterocycles. The van der Waals surface area contributed by atoms with E-state index >= 15 is 0 Å². The van der Waals surface area contributed by atoms with E-state index < -0.39 is 0 Å². The first-order chi connectivity index (χ1) is 4.27. The molecule has 0 aromatic heterocycles. The zero-order valence-electron chi connectivity index (χ0n) is 5.91. The summed E-state index contributed by atoms with van der Waals surface area (Å²) in [5.74, 6) is 0. The van der Waals surface area contributed by atoms with E-state index in [9.17, 15) is 0 Å². The fourth-order valence-corrected chi connectivity index (χ4v) is 0.762. The summed E-state index contributed by atoms with van der Waals surface area (Å²) in [6.45, 7) is 2.04. The van der Waals surface area contributed by atoms with Gasteiger partial charge >= 0.3 is 0 Å². The van der Waals surface area contributed by atoms with E-state index in [1.54, 1.807) is 12.4 Å². The molecule has 0 saturated carbocycles. The molecule has 1 aliphatic heterocycles. The average molecular weight is 144 g/mol. The fourth-order valence-electron chi connectivity index (χ4n) is 0.762. The van der Waals surface area contributed by atoms with Crippen LogP contribution < -0.4 is 0 Å². The van der Waals surface area contributed by atoms with E-state index in [2.05, 4.69) is 9.98 Å². The molecule has 4 nitrogen and oxygen atoms in total. The van der Waals surface area contributed by atoms with Crippen molar-refractivity contribution in [3.05, 3.63) is 0 Å². The van der Waals surface area contributed by atoms with E-state index in [-0.39, 0.29) is 17.7 Å². The molecule has 1 aliphatic rings. The van der Waals surface area contributed by atoms with Gasteiger partial charge in [0.25, 0.3) is 0 Å². The van der Waals surface area contributed by atoms with Crippen LogP contribution in [0, 0.1) is 0 Å². The molecule has 1 rings (SSSR count). The zero-order valence-corrected chi connectivity index (χ0v) is 5.91. The van der Waals surface area contributed by atoms with Crippen LogP contribution in [-0.4, -0.2) is 35.3 Å². The Morgan fingerprint density at radius 3 is 2.30 bits per heavy atom. The van der Waals surface area contributed by atoms with Gasteiger partial charge in [-0.1, -0.05) is 0 Å². The predicted octanol–water partition coefficient (Wildman–Crippen LogP) is -0.585. The van der Waals surface area contributed by atoms with Crippen molar-refractivity contribution < 1.29 is 10.6 Å². The molecule has 1 heterocycles. The molecule has 4 heteroatoms. The zero-order chi connectivity index (χ0) is 6.74. The van der Waals surface area contributed by atoms with Crippen LogP contribution in [0.3, 0.4) is 0 Å². The third-order valence-electron chi connectivity index (χ3n) is 1.36. The van der Waals surface area contributed by atoms with Crippen molar-refractivity contribution in [2.45, 2.75) is 19.0 Å². The topological polar surface area (TPSA) is 76.5 Å². The average Bonchev–Trinajstić information content (AvgIpc) is 2.16. The molecule has 0 unspecified atom stereocenters.